The molecule has 0 aliphatic carbocycles. The van der Waals surface area contributed by atoms with Crippen LogP contribution in [0.25, 0.3) is 0 Å². The van der Waals surface area contributed by atoms with Gasteiger partial charge in [-0.3, -0.25) is 0 Å². The molecule has 0 atom stereocenters. The van der Waals surface area contributed by atoms with Crippen LogP contribution in [0.4, 0.5) is 0 Å². The Morgan fingerprint density at radius 1 is 1.08 bits per heavy atom. The van der Waals surface area contributed by atoms with E-state index in [1.807, 2.05) is 25.1 Å². The van der Waals surface area contributed by atoms with E-state index in [-0.39, 0.29) is 0 Å². The van der Waals surface area contributed by atoms with E-state index < -0.39 is 0 Å². The largest absolute Gasteiger partial charge is 0.303 e. The highest BCUT2D eigenvalue weighted by Crippen LogP contribution is 2.05. The normalized spacial score (nSPS) is 10.5. The van der Waals surface area contributed by atoms with E-state index in [1.54, 1.807) is 0 Å². The average Bonchev–Trinajstić information content (AvgIpc) is 2.17. The van der Waals surface area contributed by atoms with E-state index >= 15 is 0 Å². The average molecular weight is 174 g/mol. The fourth-order valence-corrected chi connectivity index (χ4v) is 1.16. The predicted molar refractivity (Wildman–Crippen MR) is 54.7 cm³/mol. The number of allylic oxidation sites excluding steroid dienone is 2. The lowest BCUT2D eigenvalue weighted by atomic mass is 10.1. The zero-order valence-electron chi connectivity index (χ0n) is 7.86. The van der Waals surface area contributed by atoms with Crippen molar-refractivity contribution in [3.05, 3.63) is 47.5 Å². The first-order chi connectivity index (χ1) is 6.36. The summed E-state index contributed by atoms with van der Waals surface area (Å²) in [5.41, 5.74) is 2.37. The van der Waals surface area contributed by atoms with E-state index in [0.717, 1.165) is 18.3 Å². The molecule has 0 saturated carbocycles. The van der Waals surface area contributed by atoms with Crippen molar-refractivity contribution in [1.82, 2.24) is 0 Å². The van der Waals surface area contributed by atoms with Gasteiger partial charge in [0, 0.05) is 6.42 Å². The van der Waals surface area contributed by atoms with Gasteiger partial charge >= 0.3 is 0 Å². The van der Waals surface area contributed by atoms with Crippen molar-refractivity contribution in [3.8, 4) is 0 Å². The molecule has 0 N–H and O–H groups in total. The lowest BCUT2D eigenvalue weighted by Crippen LogP contribution is -1.86. The van der Waals surface area contributed by atoms with Crippen LogP contribution in [0.5, 0.6) is 0 Å². The Morgan fingerprint density at radius 3 is 2.08 bits per heavy atom. The summed E-state index contributed by atoms with van der Waals surface area (Å²) in [7, 11) is 0. The molecule has 1 heteroatoms. The second kappa shape index (κ2) is 5.31. The summed E-state index contributed by atoms with van der Waals surface area (Å²) in [6.45, 7) is 2.01. The van der Waals surface area contributed by atoms with E-state index in [9.17, 15) is 4.79 Å². The molecule has 1 nitrogen and oxygen atoms in total. The molecule has 0 heterocycles. The summed E-state index contributed by atoms with van der Waals surface area (Å²) in [6.07, 6.45) is 6.58. The lowest BCUT2D eigenvalue weighted by Gasteiger charge is -1.98. The highest BCUT2D eigenvalue weighted by molar-refractivity contribution is 5.54. The highest BCUT2D eigenvalue weighted by Gasteiger charge is 1.91. The Hall–Kier alpha value is -1.37. The van der Waals surface area contributed by atoms with Gasteiger partial charge in [0.05, 0.1) is 0 Å². The summed E-state index contributed by atoms with van der Waals surface area (Å²) in [5.74, 6) is 0. The van der Waals surface area contributed by atoms with Crippen LogP contribution >= 0.6 is 0 Å². The standard InChI is InChI=1S/C12H14O/c1-2-3-4-11-5-7-12(8-6-11)9-10-13/h2-3,5-8,10H,4,9H2,1H3/b3-2+. The van der Waals surface area contributed by atoms with E-state index in [2.05, 4.69) is 18.2 Å². The number of hydrogen-bond acceptors (Lipinski definition) is 1. The molecular weight excluding hydrogens is 160 g/mol. The van der Waals surface area contributed by atoms with Crippen LogP contribution in [0.2, 0.25) is 0 Å². The number of rotatable bonds is 4. The summed E-state index contributed by atoms with van der Waals surface area (Å²) in [4.78, 5) is 10.2. The first-order valence-corrected chi connectivity index (χ1v) is 4.49. The molecule has 0 unspecified atom stereocenters. The summed E-state index contributed by atoms with van der Waals surface area (Å²) in [6, 6.07) is 8.15. The van der Waals surface area contributed by atoms with Crippen molar-refractivity contribution < 1.29 is 4.79 Å². The second-order valence-corrected chi connectivity index (χ2v) is 2.96. The fraction of sp³-hybridized carbons (Fsp3) is 0.250. The van der Waals surface area contributed by atoms with Gasteiger partial charge in [0.2, 0.25) is 0 Å². The second-order valence-electron chi connectivity index (χ2n) is 2.96. The van der Waals surface area contributed by atoms with Crippen molar-refractivity contribution in [1.29, 1.82) is 0 Å². The molecular formula is C12H14O. The van der Waals surface area contributed by atoms with Crippen LogP contribution in [0.15, 0.2) is 36.4 Å². The van der Waals surface area contributed by atoms with Crippen LogP contribution in [0.3, 0.4) is 0 Å². The zero-order chi connectivity index (χ0) is 9.52. The van der Waals surface area contributed by atoms with Crippen molar-refractivity contribution in [2.24, 2.45) is 0 Å². The molecule has 0 aliphatic heterocycles. The van der Waals surface area contributed by atoms with Gasteiger partial charge in [-0.05, 0) is 24.5 Å². The Morgan fingerprint density at radius 2 is 1.62 bits per heavy atom. The van der Waals surface area contributed by atoms with Gasteiger partial charge in [-0.25, -0.2) is 0 Å². The summed E-state index contributed by atoms with van der Waals surface area (Å²) in [5, 5.41) is 0. The van der Waals surface area contributed by atoms with Crippen LogP contribution in [0, 0.1) is 0 Å². The molecule has 0 aromatic heterocycles. The molecule has 0 amide bonds. The van der Waals surface area contributed by atoms with Crippen LogP contribution in [0.1, 0.15) is 18.1 Å². The molecule has 1 aromatic carbocycles. The molecule has 0 radical (unpaired) electrons. The van der Waals surface area contributed by atoms with Crippen LogP contribution < -0.4 is 0 Å². The van der Waals surface area contributed by atoms with E-state index in [1.165, 1.54) is 5.56 Å². The number of aldehydes is 1. The van der Waals surface area contributed by atoms with Crippen molar-refractivity contribution in [3.63, 3.8) is 0 Å². The smallest absolute Gasteiger partial charge is 0.124 e. The van der Waals surface area contributed by atoms with E-state index in [0.29, 0.717) is 6.42 Å². The Kier molecular flexibility index (Phi) is 3.97. The fourth-order valence-electron chi connectivity index (χ4n) is 1.16. The molecule has 1 aromatic rings. The maximum Gasteiger partial charge on any atom is 0.124 e. The zero-order valence-corrected chi connectivity index (χ0v) is 7.86. The molecule has 0 bridgehead atoms. The molecule has 13 heavy (non-hydrogen) atoms. The summed E-state index contributed by atoms with van der Waals surface area (Å²) >= 11 is 0. The van der Waals surface area contributed by atoms with Crippen molar-refractivity contribution in [2.45, 2.75) is 19.8 Å². The van der Waals surface area contributed by atoms with Crippen molar-refractivity contribution >= 4 is 6.29 Å². The third kappa shape index (κ3) is 3.24. The first kappa shape index (κ1) is 9.72. The third-order valence-corrected chi connectivity index (χ3v) is 1.93. The quantitative estimate of drug-likeness (QED) is 0.506. The molecule has 0 saturated heterocycles. The SMILES string of the molecule is C/C=C/Cc1ccc(CC=O)cc1. The monoisotopic (exact) mass is 174 g/mol. The van der Waals surface area contributed by atoms with Crippen LogP contribution in [-0.2, 0) is 17.6 Å². The minimum Gasteiger partial charge on any atom is -0.303 e. The molecule has 1 rings (SSSR count). The maximum absolute atomic E-state index is 10.2. The van der Waals surface area contributed by atoms with Crippen LogP contribution in [-0.4, -0.2) is 6.29 Å². The maximum atomic E-state index is 10.2. The minimum atomic E-state index is 0.518. The highest BCUT2D eigenvalue weighted by atomic mass is 16.1. The number of hydrogen-bond donors (Lipinski definition) is 0. The number of carbonyl (C=O) groups is 1. The Balaban J connectivity index is 2.63. The molecule has 0 aliphatic rings. The van der Waals surface area contributed by atoms with Gasteiger partial charge in [0.1, 0.15) is 6.29 Å². The lowest BCUT2D eigenvalue weighted by molar-refractivity contribution is -0.107. The Labute approximate surface area is 79.1 Å². The minimum absolute atomic E-state index is 0.518. The number of benzene rings is 1. The van der Waals surface area contributed by atoms with Gasteiger partial charge < -0.3 is 4.79 Å². The van der Waals surface area contributed by atoms with E-state index in [4.69, 9.17) is 0 Å². The topological polar surface area (TPSA) is 17.1 Å². The first-order valence-electron chi connectivity index (χ1n) is 4.49. The van der Waals surface area contributed by atoms with Crippen molar-refractivity contribution in [2.75, 3.05) is 0 Å². The number of carbonyl (C=O) groups excluding carboxylic acids is 1. The predicted octanol–water partition coefficient (Wildman–Crippen LogP) is 2.55. The van der Waals surface area contributed by atoms with Gasteiger partial charge in [-0.2, -0.15) is 0 Å². The Bertz CT molecular complexity index is 282. The molecule has 0 fully saturated rings. The van der Waals surface area contributed by atoms with Gasteiger partial charge in [0.15, 0.2) is 0 Å². The van der Waals surface area contributed by atoms with Gasteiger partial charge in [0.25, 0.3) is 0 Å². The summed E-state index contributed by atoms with van der Waals surface area (Å²) < 4.78 is 0. The molecule has 0 spiro atoms. The van der Waals surface area contributed by atoms with Gasteiger partial charge in [-0.1, -0.05) is 36.4 Å². The molecule has 68 valence electrons. The third-order valence-electron chi connectivity index (χ3n) is 1.93. The van der Waals surface area contributed by atoms with Gasteiger partial charge in [-0.15, -0.1) is 0 Å².